The monoisotopic (exact) mass is 463 g/mol. The summed E-state index contributed by atoms with van der Waals surface area (Å²) in [6.45, 7) is 12.8. The summed E-state index contributed by atoms with van der Waals surface area (Å²) in [7, 11) is 0. The molecule has 0 radical (unpaired) electrons. The Morgan fingerprint density at radius 3 is 2.56 bits per heavy atom. The number of anilines is 2. The summed E-state index contributed by atoms with van der Waals surface area (Å²) in [4.78, 5) is 27.9. The average Bonchev–Trinajstić information content (AvgIpc) is 2.78. The number of piperazine rings is 1. The summed E-state index contributed by atoms with van der Waals surface area (Å²) in [5, 5.41) is 7.32. The molecule has 0 aliphatic carbocycles. The van der Waals surface area contributed by atoms with Gasteiger partial charge in [0.1, 0.15) is 11.2 Å². The second-order valence-corrected chi connectivity index (χ2v) is 9.83. The van der Waals surface area contributed by atoms with E-state index in [1.165, 1.54) is 0 Å². The molecule has 2 heterocycles. The molecule has 7 heteroatoms. The predicted molar refractivity (Wildman–Crippen MR) is 136 cm³/mol. The summed E-state index contributed by atoms with van der Waals surface area (Å²) in [5.74, 6) is 0.204. The first-order chi connectivity index (χ1) is 16.1. The fraction of sp³-hybridized carbons (Fsp3) is 0.407. The van der Waals surface area contributed by atoms with Crippen LogP contribution in [0.15, 0.2) is 51.7 Å². The fourth-order valence-electron chi connectivity index (χ4n) is 4.22. The molecule has 1 saturated heterocycles. The maximum atomic E-state index is 13.0. The van der Waals surface area contributed by atoms with Crippen LogP contribution in [0.2, 0.25) is 0 Å². The molecule has 0 amide bonds. The molecule has 1 unspecified atom stereocenters. The molecule has 7 nitrogen and oxygen atoms in total. The van der Waals surface area contributed by atoms with Gasteiger partial charge in [0.2, 0.25) is 0 Å². The SMILES string of the molecule is Cc1cc(C(C)Nc2ccccc2C(=O)OC(C)(C)C)c2oc(N3CCNCC3)cc(=O)c2c1. The van der Waals surface area contributed by atoms with Gasteiger partial charge in [0, 0.05) is 43.5 Å². The Kier molecular flexibility index (Phi) is 6.66. The summed E-state index contributed by atoms with van der Waals surface area (Å²) in [5.41, 5.74) is 2.89. The molecule has 1 fully saturated rings. The number of hydrogen-bond acceptors (Lipinski definition) is 7. The summed E-state index contributed by atoms with van der Waals surface area (Å²) < 4.78 is 11.9. The van der Waals surface area contributed by atoms with Crippen LogP contribution < -0.4 is 21.0 Å². The van der Waals surface area contributed by atoms with E-state index in [1.807, 2.05) is 65.0 Å². The largest absolute Gasteiger partial charge is 0.456 e. The van der Waals surface area contributed by atoms with Gasteiger partial charge in [-0.2, -0.15) is 0 Å². The number of fused-ring (bicyclic) bond motifs is 1. The quantitative estimate of drug-likeness (QED) is 0.533. The molecule has 1 atom stereocenters. The van der Waals surface area contributed by atoms with Gasteiger partial charge in [0.25, 0.3) is 0 Å². The first-order valence-electron chi connectivity index (χ1n) is 11.8. The van der Waals surface area contributed by atoms with E-state index < -0.39 is 5.60 Å². The summed E-state index contributed by atoms with van der Waals surface area (Å²) in [6.07, 6.45) is 0. The normalized spacial score (nSPS) is 15.3. The van der Waals surface area contributed by atoms with E-state index >= 15 is 0 Å². The third kappa shape index (κ3) is 5.25. The number of aryl methyl sites for hydroxylation is 1. The van der Waals surface area contributed by atoms with Gasteiger partial charge >= 0.3 is 5.97 Å². The number of para-hydroxylation sites is 1. The highest BCUT2D eigenvalue weighted by Gasteiger charge is 2.23. The molecular weight excluding hydrogens is 430 g/mol. The Hall–Kier alpha value is -3.32. The highest BCUT2D eigenvalue weighted by Crippen LogP contribution is 2.31. The van der Waals surface area contributed by atoms with E-state index in [2.05, 4.69) is 15.5 Å². The van der Waals surface area contributed by atoms with Gasteiger partial charge in [0.15, 0.2) is 11.3 Å². The molecule has 2 N–H and O–H groups in total. The maximum absolute atomic E-state index is 13.0. The van der Waals surface area contributed by atoms with Crippen LogP contribution in [0.3, 0.4) is 0 Å². The number of hydrogen-bond donors (Lipinski definition) is 2. The standard InChI is InChI=1S/C27H33N3O4/c1-17-14-20(18(2)29-22-9-7-6-8-19(22)26(32)34-27(3,4)5)25-21(15-17)23(31)16-24(33-25)30-12-10-28-11-13-30/h6-9,14-16,18,28-29H,10-13H2,1-5H3. The maximum Gasteiger partial charge on any atom is 0.340 e. The molecule has 0 bridgehead atoms. The van der Waals surface area contributed by atoms with Crippen molar-refractivity contribution in [1.29, 1.82) is 0 Å². The van der Waals surface area contributed by atoms with Crippen molar-refractivity contribution in [2.45, 2.75) is 46.3 Å². The molecule has 2 aromatic carbocycles. The molecule has 180 valence electrons. The first kappa shape index (κ1) is 23.8. The van der Waals surface area contributed by atoms with Crippen LogP contribution >= 0.6 is 0 Å². The molecule has 3 aromatic rings. The van der Waals surface area contributed by atoms with Crippen LogP contribution in [0.4, 0.5) is 11.6 Å². The number of rotatable bonds is 5. The third-order valence-corrected chi connectivity index (χ3v) is 5.80. The van der Waals surface area contributed by atoms with Crippen LogP contribution in [-0.2, 0) is 4.74 Å². The smallest absolute Gasteiger partial charge is 0.340 e. The van der Waals surface area contributed by atoms with Gasteiger partial charge in [-0.15, -0.1) is 0 Å². The van der Waals surface area contributed by atoms with Gasteiger partial charge in [-0.05, 0) is 58.4 Å². The number of benzene rings is 2. The number of esters is 1. The van der Waals surface area contributed by atoms with Gasteiger partial charge in [-0.25, -0.2) is 4.79 Å². The Balaban J connectivity index is 1.72. The first-order valence-corrected chi connectivity index (χ1v) is 11.8. The van der Waals surface area contributed by atoms with Crippen LogP contribution in [0.25, 0.3) is 11.0 Å². The zero-order valence-electron chi connectivity index (χ0n) is 20.5. The van der Waals surface area contributed by atoms with Crippen molar-refractivity contribution < 1.29 is 13.9 Å². The molecule has 1 aliphatic heterocycles. The molecule has 0 saturated carbocycles. The molecule has 1 aromatic heterocycles. The van der Waals surface area contributed by atoms with E-state index in [0.717, 1.165) is 37.3 Å². The molecule has 1 aliphatic rings. The Labute approximate surface area is 200 Å². The van der Waals surface area contributed by atoms with Gasteiger partial charge in [-0.3, -0.25) is 4.79 Å². The molecule has 0 spiro atoms. The lowest BCUT2D eigenvalue weighted by atomic mass is 10.0. The van der Waals surface area contributed by atoms with E-state index in [0.29, 0.717) is 28.1 Å². The lowest BCUT2D eigenvalue weighted by molar-refractivity contribution is 0.00706. The van der Waals surface area contributed by atoms with E-state index in [-0.39, 0.29) is 17.4 Å². The van der Waals surface area contributed by atoms with Crippen molar-refractivity contribution in [1.82, 2.24) is 5.32 Å². The summed E-state index contributed by atoms with van der Waals surface area (Å²) >= 11 is 0. The van der Waals surface area contributed by atoms with Gasteiger partial charge in [0.05, 0.1) is 17.0 Å². The second kappa shape index (κ2) is 9.50. The van der Waals surface area contributed by atoms with Crippen molar-refractivity contribution in [3.05, 3.63) is 69.4 Å². The van der Waals surface area contributed by atoms with Crippen LogP contribution in [0.1, 0.15) is 55.2 Å². The van der Waals surface area contributed by atoms with E-state index in [1.54, 1.807) is 12.1 Å². The van der Waals surface area contributed by atoms with Crippen molar-refractivity contribution >= 4 is 28.5 Å². The van der Waals surface area contributed by atoms with Crippen molar-refractivity contribution in [3.8, 4) is 0 Å². The fourth-order valence-corrected chi connectivity index (χ4v) is 4.22. The second-order valence-electron chi connectivity index (χ2n) is 9.83. The number of nitrogens with one attached hydrogen (secondary N) is 2. The lowest BCUT2D eigenvalue weighted by Gasteiger charge is -2.28. The average molecular weight is 464 g/mol. The third-order valence-electron chi connectivity index (χ3n) is 5.80. The Morgan fingerprint density at radius 2 is 1.85 bits per heavy atom. The predicted octanol–water partition coefficient (Wildman–Crippen LogP) is 4.64. The number of nitrogens with zero attached hydrogens (tertiary/aromatic N) is 1. The topological polar surface area (TPSA) is 83.8 Å². The minimum atomic E-state index is -0.591. The van der Waals surface area contributed by atoms with Crippen LogP contribution in [0.5, 0.6) is 0 Å². The minimum Gasteiger partial charge on any atom is -0.456 e. The molecule has 4 rings (SSSR count). The Bertz CT molecular complexity index is 1250. The molecular formula is C27H33N3O4. The van der Waals surface area contributed by atoms with E-state index in [9.17, 15) is 9.59 Å². The zero-order valence-corrected chi connectivity index (χ0v) is 20.5. The van der Waals surface area contributed by atoms with Crippen molar-refractivity contribution in [2.75, 3.05) is 36.4 Å². The van der Waals surface area contributed by atoms with Crippen LogP contribution in [0, 0.1) is 6.92 Å². The summed E-state index contributed by atoms with van der Waals surface area (Å²) in [6, 6.07) is 12.6. The number of carbonyl (C=O) groups is 1. The van der Waals surface area contributed by atoms with Crippen molar-refractivity contribution in [3.63, 3.8) is 0 Å². The van der Waals surface area contributed by atoms with Gasteiger partial charge in [-0.1, -0.05) is 18.2 Å². The molecule has 34 heavy (non-hydrogen) atoms. The van der Waals surface area contributed by atoms with E-state index in [4.69, 9.17) is 9.15 Å². The highest BCUT2D eigenvalue weighted by atomic mass is 16.6. The van der Waals surface area contributed by atoms with Gasteiger partial charge < -0.3 is 24.7 Å². The van der Waals surface area contributed by atoms with Crippen molar-refractivity contribution in [2.24, 2.45) is 0 Å². The lowest BCUT2D eigenvalue weighted by Crippen LogP contribution is -2.43. The highest BCUT2D eigenvalue weighted by molar-refractivity contribution is 5.96. The number of carbonyl (C=O) groups excluding carboxylic acids is 1. The Morgan fingerprint density at radius 1 is 1.15 bits per heavy atom. The minimum absolute atomic E-state index is 0.0545. The van der Waals surface area contributed by atoms with Crippen LogP contribution in [-0.4, -0.2) is 37.7 Å². The number of ether oxygens (including phenoxy) is 1. The zero-order chi connectivity index (χ0) is 24.5.